The zero-order chi connectivity index (χ0) is 22.3. The number of nitrogens with zero attached hydrogens (tertiary/aromatic N) is 3. The van der Waals surface area contributed by atoms with Gasteiger partial charge in [-0.25, -0.2) is 12.4 Å². The van der Waals surface area contributed by atoms with Crippen molar-refractivity contribution in [3.63, 3.8) is 0 Å². The zero-order valence-corrected chi connectivity index (χ0v) is 18.8. The third-order valence-corrected chi connectivity index (χ3v) is 8.01. The monoisotopic (exact) mass is 475 g/mol. The van der Waals surface area contributed by atoms with Crippen LogP contribution in [0.15, 0.2) is 89.4 Å². The standard InChI is InChI=1S/C24H14ClN3O2S2/c25-17-7-9-18(10-8-17)32(29,30)28-21-5-2-1-4-19(21)23(24(28)22-6-3-13-31-22)20-15-27-12-11-16(20)14-26/h1-13,15H. The lowest BCUT2D eigenvalue weighted by molar-refractivity contribution is 0.589. The average molecular weight is 476 g/mol. The predicted molar refractivity (Wildman–Crippen MR) is 127 cm³/mol. The van der Waals surface area contributed by atoms with E-state index in [1.807, 2.05) is 29.6 Å². The van der Waals surface area contributed by atoms with Crippen LogP contribution in [0.2, 0.25) is 5.02 Å². The average Bonchev–Trinajstić information content (AvgIpc) is 3.45. The van der Waals surface area contributed by atoms with E-state index in [0.717, 1.165) is 10.3 Å². The molecule has 2 aromatic carbocycles. The van der Waals surface area contributed by atoms with Crippen molar-refractivity contribution in [1.82, 2.24) is 8.96 Å². The Hall–Kier alpha value is -3.44. The molecule has 5 rings (SSSR count). The quantitative estimate of drug-likeness (QED) is 0.310. The predicted octanol–water partition coefficient (Wildman–Crippen LogP) is 6.19. The van der Waals surface area contributed by atoms with Crippen LogP contribution in [-0.2, 0) is 10.0 Å². The molecule has 0 aliphatic carbocycles. The molecule has 0 radical (unpaired) electrons. The Morgan fingerprint density at radius 3 is 2.50 bits per heavy atom. The van der Waals surface area contributed by atoms with Crippen LogP contribution in [0.5, 0.6) is 0 Å². The van der Waals surface area contributed by atoms with Gasteiger partial charge < -0.3 is 0 Å². The molecular formula is C24H14ClN3O2S2. The summed E-state index contributed by atoms with van der Waals surface area (Å²) >= 11 is 7.43. The van der Waals surface area contributed by atoms with E-state index >= 15 is 0 Å². The van der Waals surface area contributed by atoms with Crippen molar-refractivity contribution < 1.29 is 8.42 Å². The lowest BCUT2D eigenvalue weighted by atomic mass is 9.99. The van der Waals surface area contributed by atoms with Crippen molar-refractivity contribution in [2.45, 2.75) is 4.90 Å². The van der Waals surface area contributed by atoms with E-state index < -0.39 is 10.0 Å². The summed E-state index contributed by atoms with van der Waals surface area (Å²) in [6.07, 6.45) is 3.16. The normalized spacial score (nSPS) is 11.5. The number of fused-ring (bicyclic) bond motifs is 1. The lowest BCUT2D eigenvalue weighted by Crippen LogP contribution is -2.14. The topological polar surface area (TPSA) is 75.8 Å². The van der Waals surface area contributed by atoms with E-state index in [0.29, 0.717) is 32.9 Å². The van der Waals surface area contributed by atoms with Crippen LogP contribution >= 0.6 is 22.9 Å². The van der Waals surface area contributed by atoms with E-state index in [2.05, 4.69) is 11.1 Å². The highest BCUT2D eigenvalue weighted by Crippen LogP contribution is 2.44. The molecular weight excluding hydrogens is 462 g/mol. The van der Waals surface area contributed by atoms with Gasteiger partial charge in [0.05, 0.1) is 32.6 Å². The SMILES string of the molecule is N#Cc1ccncc1-c1c(-c2cccs2)n(S(=O)(=O)c2ccc(Cl)cc2)c2ccccc12. The van der Waals surface area contributed by atoms with E-state index in [1.54, 1.807) is 42.7 Å². The molecule has 0 atom stereocenters. The van der Waals surface area contributed by atoms with Crippen LogP contribution in [0.4, 0.5) is 0 Å². The maximum absolute atomic E-state index is 13.9. The number of halogens is 1. The number of hydrogen-bond donors (Lipinski definition) is 0. The molecule has 0 saturated carbocycles. The number of aromatic nitrogens is 2. The zero-order valence-electron chi connectivity index (χ0n) is 16.4. The van der Waals surface area contributed by atoms with Gasteiger partial charge in [-0.2, -0.15) is 5.26 Å². The molecule has 0 saturated heterocycles. The molecule has 5 aromatic rings. The Balaban J connectivity index is 1.97. The number of para-hydroxylation sites is 1. The van der Waals surface area contributed by atoms with Crippen LogP contribution in [0, 0.1) is 11.3 Å². The summed E-state index contributed by atoms with van der Waals surface area (Å²) in [4.78, 5) is 5.11. The molecule has 0 unspecified atom stereocenters. The fourth-order valence-electron chi connectivity index (χ4n) is 3.77. The van der Waals surface area contributed by atoms with Crippen LogP contribution in [0.25, 0.3) is 32.6 Å². The molecule has 0 fully saturated rings. The largest absolute Gasteiger partial charge is 0.268 e. The summed E-state index contributed by atoms with van der Waals surface area (Å²) in [6, 6.07) is 21.0. The summed E-state index contributed by atoms with van der Waals surface area (Å²) in [6.45, 7) is 0. The summed E-state index contributed by atoms with van der Waals surface area (Å²) < 4.78 is 29.2. The smallest absolute Gasteiger partial charge is 0.264 e. The molecule has 0 N–H and O–H groups in total. The van der Waals surface area contributed by atoms with Crippen LogP contribution < -0.4 is 0 Å². The second-order valence-electron chi connectivity index (χ2n) is 6.97. The van der Waals surface area contributed by atoms with Gasteiger partial charge in [0.15, 0.2) is 0 Å². The first-order valence-corrected chi connectivity index (χ1v) is 12.2. The molecule has 0 aliphatic heterocycles. The summed E-state index contributed by atoms with van der Waals surface area (Å²) in [5.74, 6) is 0. The van der Waals surface area contributed by atoms with Gasteiger partial charge in [0.25, 0.3) is 10.0 Å². The molecule has 3 aromatic heterocycles. The number of thiophene rings is 1. The molecule has 5 nitrogen and oxygen atoms in total. The molecule has 0 aliphatic rings. The molecule has 8 heteroatoms. The van der Waals surface area contributed by atoms with Gasteiger partial charge in [-0.3, -0.25) is 4.98 Å². The number of pyridine rings is 1. The Labute approximate surface area is 193 Å². The second-order valence-corrected chi connectivity index (χ2v) is 10.1. The molecule has 156 valence electrons. The number of benzene rings is 2. The lowest BCUT2D eigenvalue weighted by Gasteiger charge is -2.13. The highest BCUT2D eigenvalue weighted by Gasteiger charge is 2.29. The Morgan fingerprint density at radius 2 is 1.78 bits per heavy atom. The van der Waals surface area contributed by atoms with E-state index in [-0.39, 0.29) is 4.90 Å². The van der Waals surface area contributed by atoms with E-state index in [9.17, 15) is 13.7 Å². The highest BCUT2D eigenvalue weighted by atomic mass is 35.5. The van der Waals surface area contributed by atoms with Crippen LogP contribution in [0.3, 0.4) is 0 Å². The van der Waals surface area contributed by atoms with Crippen LogP contribution in [-0.4, -0.2) is 17.4 Å². The van der Waals surface area contributed by atoms with Gasteiger partial charge in [-0.15, -0.1) is 11.3 Å². The minimum absolute atomic E-state index is 0.124. The Bertz CT molecular complexity index is 1600. The third-order valence-electron chi connectivity index (χ3n) is 5.15. The van der Waals surface area contributed by atoms with E-state index in [4.69, 9.17) is 11.6 Å². The fourth-order valence-corrected chi connectivity index (χ4v) is 6.26. The van der Waals surface area contributed by atoms with Gasteiger partial charge in [-0.05, 0) is 47.8 Å². The molecule has 32 heavy (non-hydrogen) atoms. The second kappa shape index (κ2) is 7.92. The van der Waals surface area contributed by atoms with Crippen molar-refractivity contribution in [2.75, 3.05) is 0 Å². The van der Waals surface area contributed by atoms with Crippen molar-refractivity contribution in [1.29, 1.82) is 5.26 Å². The van der Waals surface area contributed by atoms with Gasteiger partial charge in [0, 0.05) is 33.9 Å². The minimum Gasteiger partial charge on any atom is -0.264 e. The number of nitriles is 1. The fraction of sp³-hybridized carbons (Fsp3) is 0. The Kier molecular flexibility index (Phi) is 5.06. The molecule has 0 bridgehead atoms. The first-order chi connectivity index (χ1) is 15.5. The maximum atomic E-state index is 13.9. The van der Waals surface area contributed by atoms with Crippen molar-refractivity contribution in [3.8, 4) is 27.8 Å². The molecule has 0 spiro atoms. The third kappa shape index (κ3) is 3.21. The van der Waals surface area contributed by atoms with Crippen LogP contribution in [0.1, 0.15) is 5.56 Å². The van der Waals surface area contributed by atoms with Gasteiger partial charge >= 0.3 is 0 Å². The molecule has 0 amide bonds. The highest BCUT2D eigenvalue weighted by molar-refractivity contribution is 7.90. The first-order valence-electron chi connectivity index (χ1n) is 9.55. The number of hydrogen-bond acceptors (Lipinski definition) is 5. The maximum Gasteiger partial charge on any atom is 0.268 e. The summed E-state index contributed by atoms with van der Waals surface area (Å²) in [7, 11) is -3.98. The van der Waals surface area contributed by atoms with Crippen molar-refractivity contribution >= 4 is 43.9 Å². The minimum atomic E-state index is -3.98. The van der Waals surface area contributed by atoms with Gasteiger partial charge in [0.2, 0.25) is 0 Å². The first kappa shape index (κ1) is 20.5. The van der Waals surface area contributed by atoms with E-state index in [1.165, 1.54) is 27.4 Å². The van der Waals surface area contributed by atoms with Gasteiger partial charge in [-0.1, -0.05) is 35.9 Å². The summed E-state index contributed by atoms with van der Waals surface area (Å²) in [5.41, 5.74) is 2.68. The molecule has 3 heterocycles. The summed E-state index contributed by atoms with van der Waals surface area (Å²) in [5, 5.41) is 12.8. The van der Waals surface area contributed by atoms with Crippen molar-refractivity contribution in [3.05, 3.63) is 95.1 Å². The van der Waals surface area contributed by atoms with Crippen molar-refractivity contribution in [2.24, 2.45) is 0 Å². The van der Waals surface area contributed by atoms with Gasteiger partial charge in [0.1, 0.15) is 0 Å². The Morgan fingerprint density at radius 1 is 1.00 bits per heavy atom. The number of rotatable bonds is 4.